The molecule has 0 aliphatic carbocycles. The second kappa shape index (κ2) is 7.05. The molecule has 0 radical (unpaired) electrons. The Morgan fingerprint density at radius 2 is 2.13 bits per heavy atom. The lowest BCUT2D eigenvalue weighted by molar-refractivity contribution is 0.109. The van der Waals surface area contributed by atoms with Crippen LogP contribution in [0.3, 0.4) is 0 Å². The van der Waals surface area contributed by atoms with Gasteiger partial charge in [-0.05, 0) is 62.4 Å². The molecule has 1 aromatic carbocycles. The predicted octanol–water partition coefficient (Wildman–Crippen LogP) is 3.86. The fourth-order valence-electron chi connectivity index (χ4n) is 2.55. The Balaban J connectivity index is 2.46. The Bertz CT molecular complexity index is 693. The van der Waals surface area contributed by atoms with Gasteiger partial charge in [0, 0.05) is 4.47 Å². The molecule has 6 heteroatoms. The first-order chi connectivity index (χ1) is 10.7. The van der Waals surface area contributed by atoms with Crippen molar-refractivity contribution in [3.05, 3.63) is 46.0 Å². The van der Waals surface area contributed by atoms with Gasteiger partial charge in [-0.2, -0.15) is 0 Å². The summed E-state index contributed by atoms with van der Waals surface area (Å²) in [7, 11) is -3.46. The molecule has 0 unspecified atom stereocenters. The molecule has 2 rings (SSSR count). The molecule has 128 valence electrons. The maximum Gasteiger partial charge on any atom is 0.217 e. The summed E-state index contributed by atoms with van der Waals surface area (Å²) in [6, 6.07) is 3.72. The summed E-state index contributed by atoms with van der Waals surface area (Å²) in [5.74, 6) is 0. The zero-order valence-corrected chi connectivity index (χ0v) is 16.3. The van der Waals surface area contributed by atoms with Gasteiger partial charge < -0.3 is 4.74 Å². The van der Waals surface area contributed by atoms with Crippen molar-refractivity contribution in [2.75, 3.05) is 6.61 Å². The molecule has 1 N–H and O–H groups in total. The molecular formula is C17H24BrNO3S. The Hall–Kier alpha value is -0.690. The van der Waals surface area contributed by atoms with Crippen molar-refractivity contribution in [3.63, 3.8) is 0 Å². The van der Waals surface area contributed by atoms with E-state index in [4.69, 9.17) is 4.74 Å². The van der Waals surface area contributed by atoms with Crippen molar-refractivity contribution in [1.82, 2.24) is 4.72 Å². The minimum absolute atomic E-state index is 0.343. The summed E-state index contributed by atoms with van der Waals surface area (Å²) in [4.78, 5) is 0. The Labute approximate surface area is 147 Å². The first kappa shape index (κ1) is 18.6. The van der Waals surface area contributed by atoms with E-state index in [0.29, 0.717) is 19.6 Å². The zero-order chi connectivity index (χ0) is 17.3. The van der Waals surface area contributed by atoms with Crippen molar-refractivity contribution in [3.8, 4) is 0 Å². The standard InChI is InChI=1S/C17H24BrNO3S/c1-5-6-16(19-23(20,21)17(2,3)4)14-10-13(18)9-12-7-8-22-11-15(12)14/h5,9-10,16,19H,1,6-8,11H2,2-4H3/t16-/m0/s1. The van der Waals surface area contributed by atoms with Crippen LogP contribution in [0.1, 0.15) is 49.9 Å². The molecule has 1 aliphatic rings. The molecule has 0 saturated heterocycles. The molecule has 23 heavy (non-hydrogen) atoms. The lowest BCUT2D eigenvalue weighted by Crippen LogP contribution is -2.41. The van der Waals surface area contributed by atoms with Gasteiger partial charge in [-0.15, -0.1) is 6.58 Å². The van der Waals surface area contributed by atoms with E-state index in [-0.39, 0.29) is 6.04 Å². The molecule has 1 aliphatic heterocycles. The van der Waals surface area contributed by atoms with Gasteiger partial charge in [-0.1, -0.05) is 22.0 Å². The fraction of sp³-hybridized carbons (Fsp3) is 0.529. The third kappa shape index (κ3) is 4.24. The van der Waals surface area contributed by atoms with Crippen LogP contribution in [0, 0.1) is 0 Å². The van der Waals surface area contributed by atoms with Crippen LogP contribution in [0.2, 0.25) is 0 Å². The lowest BCUT2D eigenvalue weighted by atomic mass is 9.92. The lowest BCUT2D eigenvalue weighted by Gasteiger charge is -2.28. The van der Waals surface area contributed by atoms with Crippen molar-refractivity contribution in [2.45, 2.75) is 51.0 Å². The third-order valence-corrected chi connectivity index (χ3v) is 6.65. The normalized spacial score (nSPS) is 16.7. The van der Waals surface area contributed by atoms with Gasteiger partial charge in [0.05, 0.1) is 24.0 Å². The Morgan fingerprint density at radius 3 is 2.74 bits per heavy atom. The molecular weight excluding hydrogens is 378 g/mol. The number of sulfonamides is 1. The fourth-order valence-corrected chi connectivity index (χ4v) is 4.03. The van der Waals surface area contributed by atoms with E-state index in [1.54, 1.807) is 26.8 Å². The van der Waals surface area contributed by atoms with E-state index in [9.17, 15) is 8.42 Å². The maximum absolute atomic E-state index is 12.6. The first-order valence-electron chi connectivity index (χ1n) is 7.67. The van der Waals surface area contributed by atoms with Crippen LogP contribution in [0.15, 0.2) is 29.3 Å². The molecule has 0 aromatic heterocycles. The molecule has 1 atom stereocenters. The summed E-state index contributed by atoms with van der Waals surface area (Å²) in [5, 5.41) is 0. The highest BCUT2D eigenvalue weighted by molar-refractivity contribution is 9.10. The maximum atomic E-state index is 12.6. The van der Waals surface area contributed by atoms with Crippen LogP contribution in [0.25, 0.3) is 0 Å². The summed E-state index contributed by atoms with van der Waals surface area (Å²) < 4.78 is 33.7. The Kier molecular flexibility index (Phi) is 5.72. The van der Waals surface area contributed by atoms with Crippen molar-refractivity contribution >= 4 is 26.0 Å². The third-order valence-electron chi connectivity index (χ3n) is 3.99. The van der Waals surface area contributed by atoms with E-state index in [0.717, 1.165) is 22.0 Å². The van der Waals surface area contributed by atoms with E-state index in [1.807, 2.05) is 6.07 Å². The number of fused-ring (bicyclic) bond motifs is 1. The SMILES string of the molecule is C=CC[C@H](NS(=O)(=O)C(C)(C)C)c1cc(Br)cc2c1COCC2. The topological polar surface area (TPSA) is 55.4 Å². The van der Waals surface area contributed by atoms with E-state index in [1.165, 1.54) is 5.56 Å². The van der Waals surface area contributed by atoms with Crippen LogP contribution in [0.4, 0.5) is 0 Å². The number of nitrogens with one attached hydrogen (secondary N) is 1. The van der Waals surface area contributed by atoms with Crippen LogP contribution in [0.5, 0.6) is 0 Å². The number of rotatable bonds is 5. The second-order valence-electron chi connectivity index (χ2n) is 6.75. The minimum atomic E-state index is -3.46. The van der Waals surface area contributed by atoms with Crippen LogP contribution in [-0.4, -0.2) is 19.8 Å². The minimum Gasteiger partial charge on any atom is -0.376 e. The van der Waals surface area contributed by atoms with Gasteiger partial charge in [0.15, 0.2) is 0 Å². The number of benzene rings is 1. The molecule has 1 aromatic rings. The molecule has 0 amide bonds. The van der Waals surface area contributed by atoms with Crippen LogP contribution < -0.4 is 4.72 Å². The van der Waals surface area contributed by atoms with Crippen LogP contribution >= 0.6 is 15.9 Å². The van der Waals surface area contributed by atoms with Gasteiger partial charge in [0.2, 0.25) is 10.0 Å². The number of hydrogen-bond donors (Lipinski definition) is 1. The molecule has 4 nitrogen and oxygen atoms in total. The molecule has 1 heterocycles. The smallest absolute Gasteiger partial charge is 0.217 e. The van der Waals surface area contributed by atoms with E-state index < -0.39 is 14.8 Å². The van der Waals surface area contributed by atoms with Crippen molar-refractivity contribution in [1.29, 1.82) is 0 Å². The van der Waals surface area contributed by atoms with Gasteiger partial charge in [0.1, 0.15) is 0 Å². The van der Waals surface area contributed by atoms with Gasteiger partial charge in [-0.3, -0.25) is 0 Å². The summed E-state index contributed by atoms with van der Waals surface area (Å²) in [6.45, 7) is 10.1. The van der Waals surface area contributed by atoms with Gasteiger partial charge >= 0.3 is 0 Å². The number of halogens is 1. The molecule has 0 fully saturated rings. The highest BCUT2D eigenvalue weighted by atomic mass is 79.9. The second-order valence-corrected chi connectivity index (χ2v) is 10.1. The molecule has 0 spiro atoms. The first-order valence-corrected chi connectivity index (χ1v) is 9.95. The van der Waals surface area contributed by atoms with Crippen molar-refractivity contribution < 1.29 is 13.2 Å². The predicted molar refractivity (Wildman–Crippen MR) is 96.9 cm³/mol. The average molecular weight is 402 g/mol. The van der Waals surface area contributed by atoms with E-state index in [2.05, 4.69) is 33.3 Å². The summed E-state index contributed by atoms with van der Waals surface area (Å²) >= 11 is 3.54. The van der Waals surface area contributed by atoms with Crippen molar-refractivity contribution in [2.24, 2.45) is 0 Å². The molecule has 0 bridgehead atoms. The van der Waals surface area contributed by atoms with E-state index >= 15 is 0 Å². The Morgan fingerprint density at radius 1 is 1.43 bits per heavy atom. The molecule has 0 saturated carbocycles. The van der Waals surface area contributed by atoms with Gasteiger partial charge in [-0.25, -0.2) is 13.1 Å². The average Bonchev–Trinajstić information content (AvgIpc) is 2.44. The highest BCUT2D eigenvalue weighted by Crippen LogP contribution is 2.32. The quantitative estimate of drug-likeness (QED) is 0.761. The summed E-state index contributed by atoms with van der Waals surface area (Å²) in [6.07, 6.45) is 3.11. The highest BCUT2D eigenvalue weighted by Gasteiger charge is 2.32. The largest absolute Gasteiger partial charge is 0.376 e. The van der Waals surface area contributed by atoms with Crippen LogP contribution in [-0.2, 0) is 27.8 Å². The monoisotopic (exact) mass is 401 g/mol. The number of hydrogen-bond acceptors (Lipinski definition) is 3. The zero-order valence-electron chi connectivity index (χ0n) is 13.9. The summed E-state index contributed by atoms with van der Waals surface area (Å²) in [5.41, 5.74) is 3.26. The number of ether oxygens (including phenoxy) is 1. The van der Waals surface area contributed by atoms with Gasteiger partial charge in [0.25, 0.3) is 0 Å².